The maximum atomic E-state index is 12.3. The average molecular weight is 354 g/mol. The minimum absolute atomic E-state index is 0.201. The number of carbonyl (C=O) groups excluding carboxylic acids is 3. The summed E-state index contributed by atoms with van der Waals surface area (Å²) >= 11 is 0. The predicted molar refractivity (Wildman–Crippen MR) is 94.0 cm³/mol. The molecule has 7 nitrogen and oxygen atoms in total. The Hall–Kier alpha value is -3.35. The Morgan fingerprint density at radius 3 is 2.54 bits per heavy atom. The Bertz CT molecular complexity index is 807. The summed E-state index contributed by atoms with van der Waals surface area (Å²) in [5, 5.41) is 5.22. The molecular weight excluding hydrogens is 336 g/mol. The largest absolute Gasteiger partial charge is 0.480 e. The summed E-state index contributed by atoms with van der Waals surface area (Å²) in [4.78, 5) is 35.3. The number of anilines is 1. The molecule has 0 aliphatic carbocycles. The molecule has 2 amide bonds. The summed E-state index contributed by atoms with van der Waals surface area (Å²) in [6.07, 6.45) is -0.0498. The van der Waals surface area contributed by atoms with Crippen LogP contribution in [0.2, 0.25) is 0 Å². The Kier molecular flexibility index (Phi) is 5.17. The molecule has 2 N–H and O–H groups in total. The molecule has 0 spiro atoms. The van der Waals surface area contributed by atoms with E-state index < -0.39 is 18.0 Å². The highest BCUT2D eigenvalue weighted by Crippen LogP contribution is 2.28. The van der Waals surface area contributed by atoms with Crippen LogP contribution in [0.25, 0.3) is 0 Å². The van der Waals surface area contributed by atoms with Crippen LogP contribution < -0.4 is 15.4 Å². The minimum atomic E-state index is -0.574. The van der Waals surface area contributed by atoms with Crippen LogP contribution in [-0.2, 0) is 20.7 Å². The van der Waals surface area contributed by atoms with E-state index in [1.807, 2.05) is 24.3 Å². The van der Waals surface area contributed by atoms with Gasteiger partial charge in [0.2, 0.25) is 0 Å². The van der Waals surface area contributed by atoms with E-state index in [0.717, 1.165) is 11.3 Å². The fraction of sp³-hybridized carbons (Fsp3) is 0.211. The van der Waals surface area contributed by atoms with E-state index in [2.05, 4.69) is 15.4 Å². The highest BCUT2D eigenvalue weighted by atomic mass is 16.5. The van der Waals surface area contributed by atoms with Crippen LogP contribution in [0.1, 0.15) is 15.9 Å². The molecule has 2 aromatic rings. The monoisotopic (exact) mass is 354 g/mol. The van der Waals surface area contributed by atoms with Gasteiger partial charge in [-0.3, -0.25) is 14.4 Å². The molecule has 1 aliphatic heterocycles. The van der Waals surface area contributed by atoms with Gasteiger partial charge in [0.1, 0.15) is 12.3 Å². The van der Waals surface area contributed by atoms with Crippen LogP contribution in [0, 0.1) is 0 Å². The van der Waals surface area contributed by atoms with Crippen LogP contribution in [-0.4, -0.2) is 37.5 Å². The number of amides is 2. The quantitative estimate of drug-likeness (QED) is 0.794. The van der Waals surface area contributed by atoms with Crippen LogP contribution in [0.3, 0.4) is 0 Å². The first-order valence-electron chi connectivity index (χ1n) is 8.07. The highest BCUT2D eigenvalue weighted by Gasteiger charge is 2.28. The second kappa shape index (κ2) is 7.69. The third kappa shape index (κ3) is 4.00. The molecule has 1 unspecified atom stereocenters. The fourth-order valence-electron chi connectivity index (χ4n) is 2.58. The Balaban J connectivity index is 1.55. The van der Waals surface area contributed by atoms with Gasteiger partial charge in [0, 0.05) is 17.7 Å². The zero-order valence-electron chi connectivity index (χ0n) is 14.2. The molecule has 1 heterocycles. The van der Waals surface area contributed by atoms with Crippen molar-refractivity contribution in [1.29, 1.82) is 0 Å². The first kappa shape index (κ1) is 17.5. The molecule has 0 saturated heterocycles. The maximum Gasteiger partial charge on any atom is 0.325 e. The molecule has 0 radical (unpaired) electrons. The molecule has 7 heteroatoms. The lowest BCUT2D eigenvalue weighted by molar-refractivity contribution is -0.139. The van der Waals surface area contributed by atoms with Crippen LogP contribution >= 0.6 is 0 Å². The highest BCUT2D eigenvalue weighted by molar-refractivity contribution is 5.98. The van der Waals surface area contributed by atoms with Crippen molar-refractivity contribution in [1.82, 2.24) is 5.32 Å². The third-order valence-corrected chi connectivity index (χ3v) is 3.98. The minimum Gasteiger partial charge on any atom is -0.480 e. The Morgan fingerprint density at radius 1 is 1.12 bits per heavy atom. The van der Waals surface area contributed by atoms with Gasteiger partial charge in [-0.2, -0.15) is 0 Å². The summed E-state index contributed by atoms with van der Waals surface area (Å²) < 4.78 is 10.1. The molecule has 2 aromatic carbocycles. The van der Waals surface area contributed by atoms with E-state index in [0.29, 0.717) is 17.7 Å². The number of hydrogen-bond acceptors (Lipinski definition) is 5. The van der Waals surface area contributed by atoms with Gasteiger partial charge >= 0.3 is 5.97 Å². The fourth-order valence-corrected chi connectivity index (χ4v) is 2.58. The topological polar surface area (TPSA) is 93.7 Å². The van der Waals surface area contributed by atoms with E-state index in [4.69, 9.17) is 4.74 Å². The van der Waals surface area contributed by atoms with Crippen LogP contribution in [0.4, 0.5) is 5.69 Å². The summed E-state index contributed by atoms with van der Waals surface area (Å²) in [5.41, 5.74) is 1.93. The van der Waals surface area contributed by atoms with Gasteiger partial charge < -0.3 is 20.1 Å². The van der Waals surface area contributed by atoms with E-state index in [1.54, 1.807) is 24.3 Å². The molecule has 0 saturated carbocycles. The first-order valence-corrected chi connectivity index (χ1v) is 8.07. The van der Waals surface area contributed by atoms with E-state index in [-0.39, 0.29) is 12.5 Å². The lowest BCUT2D eigenvalue weighted by atomic mass is 10.1. The van der Waals surface area contributed by atoms with Gasteiger partial charge in [0.15, 0.2) is 6.10 Å². The standard InChI is InChI=1S/C19H18N2O5/c1-25-17(22)11-20-18(23)12-6-8-14(9-7-12)21-19(24)16-10-13-4-2-3-5-15(13)26-16/h2-9,16H,10-11H2,1H3,(H,20,23)(H,21,24). The average Bonchev–Trinajstić information content (AvgIpc) is 3.10. The van der Waals surface area contributed by atoms with Gasteiger partial charge in [0.05, 0.1) is 7.11 Å². The maximum absolute atomic E-state index is 12.3. The molecule has 26 heavy (non-hydrogen) atoms. The molecular formula is C19H18N2O5. The number of carbonyl (C=O) groups is 3. The number of para-hydroxylation sites is 1. The van der Waals surface area contributed by atoms with Crippen molar-refractivity contribution in [3.05, 3.63) is 59.7 Å². The van der Waals surface area contributed by atoms with Gasteiger partial charge in [-0.05, 0) is 35.9 Å². The molecule has 134 valence electrons. The van der Waals surface area contributed by atoms with Crippen LogP contribution in [0.15, 0.2) is 48.5 Å². The van der Waals surface area contributed by atoms with E-state index in [1.165, 1.54) is 7.11 Å². The summed E-state index contributed by atoms with van der Waals surface area (Å²) in [7, 11) is 1.25. The smallest absolute Gasteiger partial charge is 0.325 e. The third-order valence-electron chi connectivity index (χ3n) is 3.98. The number of methoxy groups -OCH3 is 1. The van der Waals surface area contributed by atoms with Gasteiger partial charge in [-0.15, -0.1) is 0 Å². The van der Waals surface area contributed by atoms with E-state index in [9.17, 15) is 14.4 Å². The Labute approximate surface area is 150 Å². The zero-order valence-corrected chi connectivity index (χ0v) is 14.2. The molecule has 3 rings (SSSR count). The van der Waals surface area contributed by atoms with Crippen molar-refractivity contribution >= 4 is 23.5 Å². The summed E-state index contributed by atoms with van der Waals surface area (Å²) in [5.74, 6) is -0.447. The SMILES string of the molecule is COC(=O)CNC(=O)c1ccc(NC(=O)C2Cc3ccccc3O2)cc1. The normalized spacial score (nSPS) is 14.7. The molecule has 0 bridgehead atoms. The predicted octanol–water partition coefficient (Wildman–Crippen LogP) is 1.53. The first-order chi connectivity index (χ1) is 12.6. The lowest BCUT2D eigenvalue weighted by Gasteiger charge is -2.12. The van der Waals surface area contributed by atoms with Crippen LogP contribution in [0.5, 0.6) is 5.75 Å². The number of rotatable bonds is 5. The Morgan fingerprint density at radius 2 is 1.85 bits per heavy atom. The summed E-state index contributed by atoms with van der Waals surface area (Å²) in [6.45, 7) is -0.201. The second-order valence-electron chi connectivity index (χ2n) is 5.74. The van der Waals surface area contributed by atoms with Crippen molar-refractivity contribution in [3.8, 4) is 5.75 Å². The van der Waals surface area contributed by atoms with E-state index >= 15 is 0 Å². The van der Waals surface area contributed by atoms with Gasteiger partial charge in [-0.1, -0.05) is 18.2 Å². The molecule has 0 fully saturated rings. The molecule has 1 aliphatic rings. The second-order valence-corrected chi connectivity index (χ2v) is 5.74. The number of esters is 1. The number of nitrogens with one attached hydrogen (secondary N) is 2. The molecule has 0 aromatic heterocycles. The van der Waals surface area contributed by atoms with Crippen molar-refractivity contribution in [3.63, 3.8) is 0 Å². The van der Waals surface area contributed by atoms with Crippen molar-refractivity contribution < 1.29 is 23.9 Å². The van der Waals surface area contributed by atoms with Crippen molar-refractivity contribution in [2.75, 3.05) is 19.0 Å². The lowest BCUT2D eigenvalue weighted by Crippen LogP contribution is -2.31. The summed E-state index contributed by atoms with van der Waals surface area (Å²) in [6, 6.07) is 13.9. The number of hydrogen-bond donors (Lipinski definition) is 2. The van der Waals surface area contributed by atoms with Gasteiger partial charge in [-0.25, -0.2) is 0 Å². The van der Waals surface area contributed by atoms with Crippen molar-refractivity contribution in [2.45, 2.75) is 12.5 Å². The number of ether oxygens (including phenoxy) is 2. The van der Waals surface area contributed by atoms with Crippen molar-refractivity contribution in [2.24, 2.45) is 0 Å². The number of benzene rings is 2. The molecule has 1 atom stereocenters. The number of fused-ring (bicyclic) bond motifs is 1. The zero-order chi connectivity index (χ0) is 18.5. The van der Waals surface area contributed by atoms with Gasteiger partial charge in [0.25, 0.3) is 11.8 Å².